The number of hydrogen-bond acceptors (Lipinski definition) is 4. The van der Waals surface area contributed by atoms with Crippen LogP contribution in [0.5, 0.6) is 5.75 Å². The van der Waals surface area contributed by atoms with Gasteiger partial charge in [0.05, 0.1) is 18.4 Å². The van der Waals surface area contributed by atoms with Crippen molar-refractivity contribution < 1.29 is 17.5 Å². The van der Waals surface area contributed by atoms with Crippen LogP contribution in [0.1, 0.15) is 31.4 Å². The molecule has 0 bridgehead atoms. The molecule has 1 fully saturated rings. The molecule has 26 heavy (non-hydrogen) atoms. The molecule has 9 heteroatoms. The van der Waals surface area contributed by atoms with E-state index < -0.39 is 9.84 Å². The molecule has 0 saturated heterocycles. The third-order valence-electron chi connectivity index (χ3n) is 3.97. The predicted molar refractivity (Wildman–Crippen MR) is 113 cm³/mol. The molecule has 0 amide bonds. The molecule has 0 radical (unpaired) electrons. The highest BCUT2D eigenvalue weighted by Crippen LogP contribution is 2.30. The van der Waals surface area contributed by atoms with Crippen molar-refractivity contribution in [1.82, 2.24) is 10.6 Å². The highest BCUT2D eigenvalue weighted by Gasteiger charge is 2.22. The van der Waals surface area contributed by atoms with Crippen LogP contribution >= 0.6 is 24.0 Å². The number of benzene rings is 1. The summed E-state index contributed by atoms with van der Waals surface area (Å²) in [6.07, 6.45) is 3.50. The van der Waals surface area contributed by atoms with E-state index in [-0.39, 0.29) is 53.9 Å². The first-order chi connectivity index (χ1) is 11.8. The minimum atomic E-state index is -3.04. The zero-order valence-corrected chi connectivity index (χ0v) is 18.4. The van der Waals surface area contributed by atoms with E-state index in [0.717, 1.165) is 18.4 Å². The van der Waals surface area contributed by atoms with Gasteiger partial charge in [-0.15, -0.1) is 24.0 Å². The molecule has 2 N–H and O–H groups in total. The van der Waals surface area contributed by atoms with Gasteiger partial charge in [-0.1, -0.05) is 6.07 Å². The molecular formula is C17H27FIN3O3S. The molecule has 0 heterocycles. The van der Waals surface area contributed by atoms with E-state index in [1.54, 1.807) is 13.1 Å². The van der Waals surface area contributed by atoms with Crippen molar-refractivity contribution in [3.8, 4) is 5.75 Å². The fourth-order valence-electron chi connectivity index (χ4n) is 2.23. The summed E-state index contributed by atoms with van der Waals surface area (Å²) in [5.74, 6) is 0.945. The van der Waals surface area contributed by atoms with E-state index in [1.807, 2.05) is 13.0 Å². The third kappa shape index (κ3) is 8.07. The number of halogens is 2. The Morgan fingerprint density at radius 1 is 1.42 bits per heavy atom. The van der Waals surface area contributed by atoms with E-state index in [9.17, 15) is 12.8 Å². The van der Waals surface area contributed by atoms with Crippen LogP contribution in [0.3, 0.4) is 0 Å². The predicted octanol–water partition coefficient (Wildman–Crippen LogP) is 2.50. The van der Waals surface area contributed by atoms with Crippen LogP contribution in [-0.4, -0.2) is 46.6 Å². The Hall–Kier alpha value is -1.10. The Morgan fingerprint density at radius 2 is 2.12 bits per heavy atom. The molecule has 1 aromatic rings. The molecule has 1 aliphatic carbocycles. The molecule has 1 saturated carbocycles. The quantitative estimate of drug-likeness (QED) is 0.327. The Bertz CT molecular complexity index is 724. The van der Waals surface area contributed by atoms with Crippen molar-refractivity contribution in [3.63, 3.8) is 0 Å². The van der Waals surface area contributed by atoms with Gasteiger partial charge in [0.15, 0.2) is 17.5 Å². The molecule has 0 aromatic heterocycles. The Morgan fingerprint density at radius 3 is 2.65 bits per heavy atom. The van der Waals surface area contributed by atoms with Crippen molar-refractivity contribution in [2.45, 2.75) is 25.8 Å². The smallest absolute Gasteiger partial charge is 0.191 e. The maximum atomic E-state index is 14.2. The van der Waals surface area contributed by atoms with E-state index >= 15 is 0 Å². The van der Waals surface area contributed by atoms with Gasteiger partial charge in [-0.25, -0.2) is 12.8 Å². The molecule has 6 nitrogen and oxygen atoms in total. The summed E-state index contributed by atoms with van der Waals surface area (Å²) in [4.78, 5) is 4.05. The van der Waals surface area contributed by atoms with Crippen molar-refractivity contribution in [1.29, 1.82) is 0 Å². The molecule has 0 spiro atoms. The van der Waals surface area contributed by atoms with Crippen LogP contribution in [-0.2, 0) is 9.84 Å². The number of sulfone groups is 1. The average Bonchev–Trinajstić information content (AvgIpc) is 3.35. The zero-order valence-electron chi connectivity index (χ0n) is 15.3. The lowest BCUT2D eigenvalue weighted by Crippen LogP contribution is -2.40. The molecule has 148 valence electrons. The lowest BCUT2D eigenvalue weighted by atomic mass is 10.1. The van der Waals surface area contributed by atoms with Gasteiger partial charge in [0.1, 0.15) is 9.84 Å². The van der Waals surface area contributed by atoms with Gasteiger partial charge in [-0.05, 0) is 43.4 Å². The summed E-state index contributed by atoms with van der Waals surface area (Å²) >= 11 is 0. The maximum absolute atomic E-state index is 14.2. The summed E-state index contributed by atoms with van der Waals surface area (Å²) in [7, 11) is -1.44. The van der Waals surface area contributed by atoms with Crippen molar-refractivity contribution in [2.24, 2.45) is 10.9 Å². The van der Waals surface area contributed by atoms with Gasteiger partial charge in [0, 0.05) is 19.8 Å². The SMILES string of the molecule is CN=C(NCCS(C)(=O)=O)NC(C)c1ccc(OCC2CC2)c(F)c1.I. The first-order valence-corrected chi connectivity index (χ1v) is 10.4. The Balaban J connectivity index is 0.00000338. The van der Waals surface area contributed by atoms with Crippen LogP contribution < -0.4 is 15.4 Å². The molecule has 1 aromatic carbocycles. The molecular weight excluding hydrogens is 472 g/mol. The third-order valence-corrected chi connectivity index (χ3v) is 4.92. The second kappa shape index (κ2) is 10.3. The number of hydrogen-bond donors (Lipinski definition) is 2. The van der Waals surface area contributed by atoms with Crippen molar-refractivity contribution in [2.75, 3.05) is 32.2 Å². The standard InChI is InChI=1S/C17H26FN3O3S.HI/c1-12(21-17(19-2)20-8-9-25(3,22)23)14-6-7-16(15(18)10-14)24-11-13-4-5-13;/h6-7,10,12-13H,4-5,8-9,11H2,1-3H3,(H2,19,20,21);1H. The number of rotatable bonds is 8. The van der Waals surface area contributed by atoms with Crippen LogP contribution in [0.4, 0.5) is 4.39 Å². The van der Waals surface area contributed by atoms with Gasteiger partial charge in [-0.2, -0.15) is 0 Å². The molecule has 2 rings (SSSR count). The van der Waals surface area contributed by atoms with Crippen LogP contribution in [0, 0.1) is 11.7 Å². The first kappa shape index (κ1) is 22.9. The van der Waals surface area contributed by atoms with Crippen molar-refractivity contribution in [3.05, 3.63) is 29.6 Å². The fraction of sp³-hybridized carbons (Fsp3) is 0.588. The van der Waals surface area contributed by atoms with Gasteiger partial charge in [0.2, 0.25) is 0 Å². The second-order valence-corrected chi connectivity index (χ2v) is 8.70. The normalized spacial score (nSPS) is 15.8. The number of aliphatic imine (C=N–C) groups is 1. The maximum Gasteiger partial charge on any atom is 0.191 e. The largest absolute Gasteiger partial charge is 0.490 e. The van der Waals surface area contributed by atoms with E-state index in [2.05, 4.69) is 15.6 Å². The molecule has 1 atom stereocenters. The zero-order chi connectivity index (χ0) is 18.4. The number of guanidine groups is 1. The van der Waals surface area contributed by atoms with Crippen LogP contribution in [0.15, 0.2) is 23.2 Å². The van der Waals surface area contributed by atoms with Gasteiger partial charge in [0.25, 0.3) is 0 Å². The second-order valence-electron chi connectivity index (χ2n) is 6.44. The highest BCUT2D eigenvalue weighted by atomic mass is 127. The molecule has 1 unspecified atom stereocenters. The van der Waals surface area contributed by atoms with E-state index in [1.165, 1.54) is 12.3 Å². The Labute approximate surface area is 171 Å². The van der Waals surface area contributed by atoms with Crippen LogP contribution in [0.25, 0.3) is 0 Å². The van der Waals surface area contributed by atoms with E-state index in [4.69, 9.17) is 4.74 Å². The Kier molecular flexibility index (Phi) is 9.08. The fourth-order valence-corrected chi connectivity index (χ4v) is 2.71. The monoisotopic (exact) mass is 499 g/mol. The number of nitrogens with one attached hydrogen (secondary N) is 2. The van der Waals surface area contributed by atoms with Gasteiger partial charge >= 0.3 is 0 Å². The minimum absolute atomic E-state index is 0. The molecule has 1 aliphatic rings. The topological polar surface area (TPSA) is 79.8 Å². The summed E-state index contributed by atoms with van der Waals surface area (Å²) < 4.78 is 42.0. The van der Waals surface area contributed by atoms with Crippen LogP contribution in [0.2, 0.25) is 0 Å². The van der Waals surface area contributed by atoms with Gasteiger partial charge in [-0.3, -0.25) is 4.99 Å². The lowest BCUT2D eigenvalue weighted by Gasteiger charge is -2.19. The first-order valence-electron chi connectivity index (χ1n) is 8.35. The number of nitrogens with zero attached hydrogens (tertiary/aromatic N) is 1. The minimum Gasteiger partial charge on any atom is -0.490 e. The summed E-state index contributed by atoms with van der Waals surface area (Å²) in [6, 6.07) is 4.71. The summed E-state index contributed by atoms with van der Waals surface area (Å²) in [6.45, 7) is 2.71. The lowest BCUT2D eigenvalue weighted by molar-refractivity contribution is 0.285. The summed E-state index contributed by atoms with van der Waals surface area (Å²) in [5, 5.41) is 6.05. The highest BCUT2D eigenvalue weighted by molar-refractivity contribution is 14.0. The van der Waals surface area contributed by atoms with Gasteiger partial charge < -0.3 is 15.4 Å². The summed E-state index contributed by atoms with van der Waals surface area (Å²) in [5.41, 5.74) is 0.752. The number of ether oxygens (including phenoxy) is 1. The van der Waals surface area contributed by atoms with E-state index in [0.29, 0.717) is 18.5 Å². The average molecular weight is 499 g/mol. The van der Waals surface area contributed by atoms with Crippen molar-refractivity contribution >= 4 is 39.8 Å². The molecule has 0 aliphatic heterocycles.